The van der Waals surface area contributed by atoms with Crippen molar-refractivity contribution in [2.75, 3.05) is 0 Å². The van der Waals surface area contributed by atoms with E-state index >= 15 is 0 Å². The predicted octanol–water partition coefficient (Wildman–Crippen LogP) is 2.34. The number of aromatic amines is 1. The minimum Gasteiger partial charge on any atom is -0.421 e. The third kappa shape index (κ3) is 2.83. The van der Waals surface area contributed by atoms with Crippen LogP contribution in [0, 0.1) is 0 Å². The molecule has 0 radical (unpaired) electrons. The van der Waals surface area contributed by atoms with Gasteiger partial charge in [-0.1, -0.05) is 16.3 Å². The quantitative estimate of drug-likeness (QED) is 0.476. The molecule has 2 N–H and O–H groups in total. The van der Waals surface area contributed by atoms with Gasteiger partial charge in [-0.2, -0.15) is 5.10 Å². The first kappa shape index (κ1) is 19.2. The van der Waals surface area contributed by atoms with Crippen LogP contribution in [0.5, 0.6) is 0 Å². The normalized spacial score (nSPS) is 12.3. The molecule has 9 nitrogen and oxygen atoms in total. The Labute approximate surface area is 168 Å². The van der Waals surface area contributed by atoms with Gasteiger partial charge in [-0.3, -0.25) is 9.48 Å². The summed E-state index contributed by atoms with van der Waals surface area (Å²) in [7, 11) is -4.14. The predicted molar refractivity (Wildman–Crippen MR) is 107 cm³/mol. The van der Waals surface area contributed by atoms with Crippen molar-refractivity contribution in [3.05, 3.63) is 62.4 Å². The maximum atomic E-state index is 13.3. The summed E-state index contributed by atoms with van der Waals surface area (Å²) >= 11 is 6.02. The van der Waals surface area contributed by atoms with Crippen LogP contribution in [0.4, 0.5) is 0 Å². The highest BCUT2D eigenvalue weighted by molar-refractivity contribution is 7.91. The van der Waals surface area contributed by atoms with Crippen molar-refractivity contribution in [1.29, 1.82) is 0 Å². The van der Waals surface area contributed by atoms with Gasteiger partial charge in [0.2, 0.25) is 9.84 Å². The Morgan fingerprint density at radius 3 is 2.59 bits per heavy atom. The lowest BCUT2D eigenvalue weighted by molar-refractivity contribution is 0.162. The van der Waals surface area contributed by atoms with Crippen LogP contribution in [0.25, 0.3) is 21.8 Å². The number of hydrogen-bond acceptors (Lipinski definition) is 6. The van der Waals surface area contributed by atoms with Gasteiger partial charge in [0, 0.05) is 11.4 Å². The second kappa shape index (κ2) is 6.46. The molecule has 0 aliphatic heterocycles. The topological polar surface area (TPSA) is 127 Å². The van der Waals surface area contributed by atoms with Gasteiger partial charge in [0.05, 0.1) is 37.4 Å². The van der Waals surface area contributed by atoms with Crippen LogP contribution in [0.3, 0.4) is 0 Å². The Kier molecular flexibility index (Phi) is 4.28. The van der Waals surface area contributed by atoms with E-state index in [1.54, 1.807) is 16.9 Å². The van der Waals surface area contributed by atoms with Crippen molar-refractivity contribution >= 4 is 43.2 Å². The van der Waals surface area contributed by atoms with Gasteiger partial charge < -0.3 is 10.2 Å². The number of nitrogens with zero attached hydrogens (tertiary/aromatic N) is 3. The summed E-state index contributed by atoms with van der Waals surface area (Å²) in [5.74, 6) is 0. The Hall–Kier alpha value is -3.11. The Morgan fingerprint density at radius 1 is 1.17 bits per heavy atom. The van der Waals surface area contributed by atoms with Gasteiger partial charge in [0.1, 0.15) is 0 Å². The number of H-pyrrole nitrogens is 1. The first-order valence-electron chi connectivity index (χ1n) is 8.52. The fourth-order valence-electron chi connectivity index (χ4n) is 3.20. The molecule has 2 heterocycles. The summed E-state index contributed by atoms with van der Waals surface area (Å²) in [6.45, 7) is 3.84. The van der Waals surface area contributed by atoms with Gasteiger partial charge in [-0.15, -0.1) is 0 Å². The lowest BCUT2D eigenvalue weighted by Gasteiger charge is -2.11. The van der Waals surface area contributed by atoms with E-state index in [1.165, 1.54) is 24.3 Å². The molecule has 4 rings (SSSR count). The molecule has 2 aromatic carbocycles. The van der Waals surface area contributed by atoms with Crippen LogP contribution in [-0.2, 0) is 9.84 Å². The third-order valence-electron chi connectivity index (χ3n) is 4.61. The molecule has 29 heavy (non-hydrogen) atoms. The average Bonchev–Trinajstić information content (AvgIpc) is 3.09. The van der Waals surface area contributed by atoms with Gasteiger partial charge in [0.25, 0.3) is 5.56 Å². The van der Waals surface area contributed by atoms with E-state index in [4.69, 9.17) is 11.6 Å². The van der Waals surface area contributed by atoms with E-state index in [0.717, 1.165) is 5.39 Å². The highest BCUT2D eigenvalue weighted by Crippen LogP contribution is 2.31. The van der Waals surface area contributed by atoms with Crippen LogP contribution in [0.2, 0.25) is 5.02 Å². The number of aromatic nitrogens is 4. The number of nitrogens with one attached hydrogen (secondary N) is 1. The monoisotopic (exact) mass is 434 g/mol. The zero-order chi connectivity index (χ0) is 21.1. The smallest absolute Gasteiger partial charge is 0.362 e. The largest absolute Gasteiger partial charge is 0.421 e. The Morgan fingerprint density at radius 2 is 1.90 bits per heavy atom. The van der Waals surface area contributed by atoms with Crippen molar-refractivity contribution < 1.29 is 13.6 Å². The zero-order valence-electron chi connectivity index (χ0n) is 15.2. The molecule has 2 aromatic heterocycles. The summed E-state index contributed by atoms with van der Waals surface area (Å²) in [6.07, 6.45) is 1.64. The number of sulfone groups is 1. The molecule has 0 aliphatic rings. The van der Waals surface area contributed by atoms with E-state index < -0.39 is 21.1 Å². The fraction of sp³-hybridized carbons (Fsp3) is 0.167. The molecule has 0 fully saturated rings. The lowest BCUT2D eigenvalue weighted by atomic mass is 10.2. The molecule has 0 atom stereocenters. The fourth-order valence-corrected chi connectivity index (χ4v) is 4.87. The van der Waals surface area contributed by atoms with Gasteiger partial charge in [0.15, 0.2) is 0 Å². The van der Waals surface area contributed by atoms with Crippen LogP contribution in [0.15, 0.2) is 55.9 Å². The van der Waals surface area contributed by atoms with Gasteiger partial charge >= 0.3 is 5.69 Å². The molecule has 150 valence electrons. The molecule has 0 saturated heterocycles. The number of benzene rings is 2. The number of halogens is 1. The molecule has 0 bridgehead atoms. The van der Waals surface area contributed by atoms with Crippen molar-refractivity contribution in [2.24, 2.45) is 0 Å². The van der Waals surface area contributed by atoms with Crippen LogP contribution < -0.4 is 11.2 Å². The summed E-state index contributed by atoms with van der Waals surface area (Å²) < 4.78 is 28.2. The maximum absolute atomic E-state index is 13.3. The molecule has 11 heteroatoms. The van der Waals surface area contributed by atoms with Crippen LogP contribution >= 0.6 is 11.6 Å². The van der Waals surface area contributed by atoms with E-state index in [2.05, 4.69) is 10.1 Å². The molecule has 0 unspecified atom stereocenters. The summed E-state index contributed by atoms with van der Waals surface area (Å²) in [5, 5.41) is 14.2. The number of rotatable bonds is 3. The summed E-state index contributed by atoms with van der Waals surface area (Å²) in [4.78, 5) is 26.0. The Balaban J connectivity index is 2.05. The third-order valence-corrected chi connectivity index (χ3v) is 6.71. The highest BCUT2D eigenvalue weighted by atomic mass is 35.5. The first-order chi connectivity index (χ1) is 13.6. The Bertz CT molecular complexity index is 1520. The van der Waals surface area contributed by atoms with Crippen molar-refractivity contribution in [3.8, 4) is 0 Å². The summed E-state index contributed by atoms with van der Waals surface area (Å²) in [5.41, 5.74) is -1.92. The molecule has 4 aromatic rings. The van der Waals surface area contributed by atoms with Crippen LogP contribution in [-0.4, -0.2) is 33.1 Å². The molecular weight excluding hydrogens is 420 g/mol. The zero-order valence-corrected chi connectivity index (χ0v) is 16.8. The van der Waals surface area contributed by atoms with Crippen LogP contribution in [0.1, 0.15) is 19.9 Å². The SMILES string of the molecule is CC(C)n1ncc2ccc(S(=O)(=O)c3ccc(Cl)c4c(=O)n(O)c(=O)[nH]c34)cc21. The van der Waals surface area contributed by atoms with E-state index in [9.17, 15) is 23.2 Å². The summed E-state index contributed by atoms with van der Waals surface area (Å²) in [6, 6.07) is 7.00. The van der Waals surface area contributed by atoms with Crippen molar-refractivity contribution in [3.63, 3.8) is 0 Å². The molecule has 0 amide bonds. The minimum absolute atomic E-state index is 0.0150. The van der Waals surface area contributed by atoms with Gasteiger partial charge in [-0.05, 0) is 44.2 Å². The first-order valence-corrected chi connectivity index (χ1v) is 10.4. The standard InChI is InChI=1S/C18H15ClN4O5S/c1-9(2)22-13-7-11(4-3-10(13)8-20-22)29(27,28)14-6-5-12(19)15-16(14)21-18(25)23(26)17(15)24/h3-9,26H,1-2H3,(H,21,25). The molecular formula is C18H15ClN4O5S. The highest BCUT2D eigenvalue weighted by Gasteiger charge is 2.25. The van der Waals surface area contributed by atoms with E-state index in [0.29, 0.717) is 5.52 Å². The average molecular weight is 435 g/mol. The van der Waals surface area contributed by atoms with Gasteiger partial charge in [-0.25, -0.2) is 13.2 Å². The molecule has 0 aliphatic carbocycles. The minimum atomic E-state index is -4.14. The van der Waals surface area contributed by atoms with Crippen molar-refractivity contribution in [2.45, 2.75) is 29.7 Å². The second-order valence-corrected chi connectivity index (χ2v) is 9.07. The lowest BCUT2D eigenvalue weighted by Crippen LogP contribution is -2.33. The van der Waals surface area contributed by atoms with E-state index in [-0.39, 0.29) is 36.5 Å². The van der Waals surface area contributed by atoms with E-state index in [1.807, 2.05) is 13.8 Å². The number of hydrogen-bond donors (Lipinski definition) is 2. The molecule has 0 saturated carbocycles. The molecule has 0 spiro atoms. The number of fused-ring (bicyclic) bond motifs is 2. The maximum Gasteiger partial charge on any atom is 0.362 e. The second-order valence-electron chi connectivity index (χ2n) is 6.75. The van der Waals surface area contributed by atoms with Crippen molar-refractivity contribution in [1.82, 2.24) is 19.5 Å².